The second kappa shape index (κ2) is 7.64. The Morgan fingerprint density at radius 2 is 1.59 bits per heavy atom. The fourth-order valence-electron chi connectivity index (χ4n) is 5.40. The standard InChI is InChI=1S/C29H23N3O5/c1-16-8-10-17(11-9-16)24-23-25(30(2)29(34)31(3)28(23)33)26-27(18-12-13-21-22(14-18)36-15-35-21)37-20-7-5-4-6-19(20)32(24)26/h4-14,27H,15H2,1-3H3. The van der Waals surface area contributed by atoms with E-state index in [1.54, 1.807) is 7.05 Å². The van der Waals surface area contributed by atoms with E-state index >= 15 is 0 Å². The quantitative estimate of drug-likeness (QED) is 0.368. The molecule has 0 bridgehead atoms. The van der Waals surface area contributed by atoms with Crippen molar-refractivity contribution in [3.63, 3.8) is 0 Å². The molecule has 5 aromatic rings. The molecule has 0 spiro atoms. The summed E-state index contributed by atoms with van der Waals surface area (Å²) in [6, 6.07) is 21.5. The van der Waals surface area contributed by atoms with Crippen LogP contribution >= 0.6 is 0 Å². The Balaban J connectivity index is 1.66. The number of aryl methyl sites for hydroxylation is 2. The summed E-state index contributed by atoms with van der Waals surface area (Å²) in [7, 11) is 3.21. The first-order valence-electron chi connectivity index (χ1n) is 12.0. The number of aromatic nitrogens is 3. The Hall–Kier alpha value is -4.72. The van der Waals surface area contributed by atoms with Crippen LogP contribution in [0.15, 0.2) is 76.3 Å². The Morgan fingerprint density at radius 3 is 2.41 bits per heavy atom. The van der Waals surface area contributed by atoms with Crippen LogP contribution in [0.5, 0.6) is 17.2 Å². The summed E-state index contributed by atoms with van der Waals surface area (Å²) >= 11 is 0. The second-order valence-corrected chi connectivity index (χ2v) is 9.44. The average Bonchev–Trinajstić information content (AvgIpc) is 3.53. The summed E-state index contributed by atoms with van der Waals surface area (Å²) in [4.78, 5) is 26.9. The summed E-state index contributed by atoms with van der Waals surface area (Å²) in [6.07, 6.45) is -0.608. The van der Waals surface area contributed by atoms with Gasteiger partial charge in [-0.15, -0.1) is 0 Å². The molecule has 0 N–H and O–H groups in total. The predicted octanol–water partition coefficient (Wildman–Crippen LogP) is 4.21. The first kappa shape index (κ1) is 21.6. The van der Waals surface area contributed by atoms with E-state index in [9.17, 15) is 9.59 Å². The molecule has 0 fully saturated rings. The van der Waals surface area contributed by atoms with Crippen molar-refractivity contribution in [1.29, 1.82) is 0 Å². The molecule has 3 aromatic carbocycles. The monoisotopic (exact) mass is 493 g/mol. The van der Waals surface area contributed by atoms with Gasteiger partial charge in [-0.1, -0.05) is 48.0 Å². The highest BCUT2D eigenvalue weighted by Crippen LogP contribution is 2.47. The third kappa shape index (κ3) is 2.95. The van der Waals surface area contributed by atoms with Crippen molar-refractivity contribution in [3.8, 4) is 34.2 Å². The molecule has 1 atom stereocenters. The summed E-state index contributed by atoms with van der Waals surface area (Å²) in [5, 5.41) is 0.467. The Bertz CT molecular complexity index is 1860. The van der Waals surface area contributed by atoms with Gasteiger partial charge < -0.3 is 18.8 Å². The van der Waals surface area contributed by atoms with Gasteiger partial charge in [-0.25, -0.2) is 4.79 Å². The van der Waals surface area contributed by atoms with Crippen LogP contribution in [0.4, 0.5) is 0 Å². The SMILES string of the molecule is Cc1ccc(-c2c3c(=O)n(C)c(=O)n(C)c3c3n2-c2ccccc2OC3c2ccc3c(c2)OCO3)cc1. The van der Waals surface area contributed by atoms with Gasteiger partial charge in [0.1, 0.15) is 5.75 Å². The lowest BCUT2D eigenvalue weighted by atomic mass is 10.0. The smallest absolute Gasteiger partial charge is 0.331 e. The average molecular weight is 494 g/mol. The van der Waals surface area contributed by atoms with Gasteiger partial charge in [0.2, 0.25) is 6.79 Å². The molecule has 0 radical (unpaired) electrons. The largest absolute Gasteiger partial charge is 0.477 e. The van der Waals surface area contributed by atoms with Gasteiger partial charge in [-0.2, -0.15) is 0 Å². The first-order chi connectivity index (χ1) is 17.9. The van der Waals surface area contributed by atoms with E-state index in [0.717, 1.165) is 32.6 Å². The Morgan fingerprint density at radius 1 is 0.838 bits per heavy atom. The van der Waals surface area contributed by atoms with E-state index in [1.165, 1.54) is 11.6 Å². The summed E-state index contributed by atoms with van der Waals surface area (Å²) < 4.78 is 22.5. The van der Waals surface area contributed by atoms with Gasteiger partial charge in [-0.05, 0) is 36.8 Å². The number of hydrogen-bond donors (Lipinski definition) is 0. The molecule has 2 aliphatic heterocycles. The van der Waals surface area contributed by atoms with Gasteiger partial charge in [0.15, 0.2) is 17.6 Å². The number of fused-ring (bicyclic) bond motifs is 6. The minimum Gasteiger partial charge on any atom is -0.477 e. The molecule has 0 saturated carbocycles. The maximum atomic E-state index is 13.7. The maximum Gasteiger partial charge on any atom is 0.331 e. The third-order valence-corrected chi connectivity index (χ3v) is 7.23. The molecular weight excluding hydrogens is 470 g/mol. The van der Waals surface area contributed by atoms with Crippen molar-refractivity contribution < 1.29 is 14.2 Å². The first-order valence-corrected chi connectivity index (χ1v) is 12.0. The summed E-state index contributed by atoms with van der Waals surface area (Å²) in [6.45, 7) is 2.19. The minimum atomic E-state index is -0.608. The highest BCUT2D eigenvalue weighted by molar-refractivity contribution is 5.98. The number of nitrogens with zero attached hydrogens (tertiary/aromatic N) is 3. The molecule has 8 nitrogen and oxygen atoms in total. The van der Waals surface area contributed by atoms with Crippen LogP contribution in [-0.2, 0) is 14.1 Å². The Labute approximate surface area is 211 Å². The fraction of sp³-hybridized carbons (Fsp3) is 0.172. The zero-order valence-corrected chi connectivity index (χ0v) is 20.5. The molecule has 0 aliphatic carbocycles. The van der Waals surface area contributed by atoms with Crippen LogP contribution in [-0.4, -0.2) is 20.5 Å². The normalized spacial score (nSPS) is 15.4. The van der Waals surface area contributed by atoms with Gasteiger partial charge in [-0.3, -0.25) is 13.9 Å². The van der Waals surface area contributed by atoms with E-state index in [4.69, 9.17) is 14.2 Å². The van der Waals surface area contributed by atoms with E-state index in [2.05, 4.69) is 4.57 Å². The zero-order valence-electron chi connectivity index (χ0n) is 20.5. The summed E-state index contributed by atoms with van der Waals surface area (Å²) in [5.41, 5.74) is 4.84. The van der Waals surface area contributed by atoms with Crippen molar-refractivity contribution in [2.24, 2.45) is 14.1 Å². The molecule has 4 heterocycles. The van der Waals surface area contributed by atoms with Crippen molar-refractivity contribution in [1.82, 2.24) is 13.7 Å². The predicted molar refractivity (Wildman–Crippen MR) is 139 cm³/mol. The van der Waals surface area contributed by atoms with Gasteiger partial charge in [0, 0.05) is 19.7 Å². The van der Waals surface area contributed by atoms with Gasteiger partial charge in [0.25, 0.3) is 5.56 Å². The van der Waals surface area contributed by atoms with Gasteiger partial charge in [0.05, 0.1) is 28.0 Å². The van der Waals surface area contributed by atoms with Crippen LogP contribution in [0, 0.1) is 6.92 Å². The maximum absolute atomic E-state index is 13.7. The van der Waals surface area contributed by atoms with Crippen molar-refractivity contribution in [2.45, 2.75) is 13.0 Å². The Kier molecular flexibility index (Phi) is 4.45. The van der Waals surface area contributed by atoms with E-state index < -0.39 is 11.8 Å². The number of para-hydroxylation sites is 2. The van der Waals surface area contributed by atoms with Gasteiger partial charge >= 0.3 is 5.69 Å². The second-order valence-electron chi connectivity index (χ2n) is 9.44. The van der Waals surface area contributed by atoms with Crippen LogP contribution in [0.25, 0.3) is 27.8 Å². The number of rotatable bonds is 2. The number of hydrogen-bond acceptors (Lipinski definition) is 5. The molecule has 2 aliphatic rings. The molecular formula is C29H23N3O5. The zero-order chi connectivity index (χ0) is 25.4. The van der Waals surface area contributed by atoms with Crippen molar-refractivity contribution in [3.05, 3.63) is 104 Å². The molecule has 184 valence electrons. The van der Waals surface area contributed by atoms with Crippen molar-refractivity contribution in [2.75, 3.05) is 6.79 Å². The third-order valence-electron chi connectivity index (χ3n) is 7.23. The molecule has 0 saturated heterocycles. The molecule has 0 amide bonds. The van der Waals surface area contributed by atoms with Crippen LogP contribution in [0.3, 0.4) is 0 Å². The van der Waals surface area contributed by atoms with Crippen LogP contribution in [0.1, 0.15) is 22.9 Å². The molecule has 7 rings (SSSR count). The van der Waals surface area contributed by atoms with Crippen LogP contribution < -0.4 is 25.5 Å². The molecule has 2 aromatic heterocycles. The molecule has 8 heteroatoms. The van der Waals surface area contributed by atoms with E-state index in [0.29, 0.717) is 33.8 Å². The number of ether oxygens (including phenoxy) is 3. The lowest BCUT2D eigenvalue weighted by Crippen LogP contribution is -2.37. The highest BCUT2D eigenvalue weighted by Gasteiger charge is 2.36. The minimum absolute atomic E-state index is 0.161. The lowest BCUT2D eigenvalue weighted by Gasteiger charge is -2.30. The molecule has 37 heavy (non-hydrogen) atoms. The number of benzene rings is 3. The topological polar surface area (TPSA) is 76.6 Å². The van der Waals surface area contributed by atoms with E-state index in [-0.39, 0.29) is 12.4 Å². The fourth-order valence-corrected chi connectivity index (χ4v) is 5.40. The molecule has 1 unspecified atom stereocenters. The van der Waals surface area contributed by atoms with E-state index in [1.807, 2.05) is 73.7 Å². The summed E-state index contributed by atoms with van der Waals surface area (Å²) in [5.74, 6) is 1.97. The lowest BCUT2D eigenvalue weighted by molar-refractivity contribution is 0.173. The van der Waals surface area contributed by atoms with Crippen molar-refractivity contribution >= 4 is 10.9 Å². The van der Waals surface area contributed by atoms with Crippen LogP contribution in [0.2, 0.25) is 0 Å². The highest BCUT2D eigenvalue weighted by atomic mass is 16.7.